The van der Waals surface area contributed by atoms with E-state index >= 15 is 0 Å². The number of rotatable bonds is 5. The fourth-order valence-electron chi connectivity index (χ4n) is 1.23. The van der Waals surface area contributed by atoms with Crippen molar-refractivity contribution in [1.82, 2.24) is 5.32 Å². The van der Waals surface area contributed by atoms with Gasteiger partial charge in [-0.25, -0.2) is 9.59 Å². The van der Waals surface area contributed by atoms with Crippen LogP contribution < -0.4 is 5.32 Å². The summed E-state index contributed by atoms with van der Waals surface area (Å²) in [7, 11) is 1.19. The molecule has 0 radical (unpaired) electrons. The molecule has 0 fully saturated rings. The molecule has 7 heteroatoms. The molecule has 0 aliphatic rings. The Morgan fingerprint density at radius 1 is 1.59 bits per heavy atom. The Balaban J connectivity index is 2.50. The van der Waals surface area contributed by atoms with Crippen LogP contribution in [-0.4, -0.2) is 30.3 Å². The van der Waals surface area contributed by atoms with Crippen molar-refractivity contribution in [3.63, 3.8) is 0 Å². The molecule has 0 bridgehead atoms. The number of methoxy groups -OCH3 is 1. The average Bonchev–Trinajstić information content (AvgIpc) is 2.69. The quantitative estimate of drug-likeness (QED) is 0.865. The molecule has 17 heavy (non-hydrogen) atoms. The minimum absolute atomic E-state index is 0.293. The number of carboxylic acid groups (broad SMARTS) is 1. The number of carbonyl (C=O) groups excluding carboxylic acids is 1. The summed E-state index contributed by atoms with van der Waals surface area (Å²) in [6.45, 7) is 0. The highest BCUT2D eigenvalue weighted by atomic mass is 35.5. The minimum Gasteiger partial charge on any atom is -0.480 e. The molecule has 94 valence electrons. The molecule has 1 aromatic rings. The van der Waals surface area contributed by atoms with Gasteiger partial charge in [-0.3, -0.25) is 0 Å². The van der Waals surface area contributed by atoms with Gasteiger partial charge >= 0.3 is 12.1 Å². The largest absolute Gasteiger partial charge is 0.480 e. The highest BCUT2D eigenvalue weighted by Gasteiger charge is 2.20. The third kappa shape index (κ3) is 4.62. The fourth-order valence-corrected chi connectivity index (χ4v) is 2.33. The van der Waals surface area contributed by atoms with Crippen LogP contribution in [0.15, 0.2) is 12.1 Å². The number of thiophene rings is 1. The van der Waals surface area contributed by atoms with E-state index in [1.807, 2.05) is 6.07 Å². The smallest absolute Gasteiger partial charge is 0.407 e. The molecule has 2 N–H and O–H groups in total. The number of hydrogen-bond donors (Lipinski definition) is 2. The van der Waals surface area contributed by atoms with Gasteiger partial charge in [-0.05, 0) is 25.0 Å². The third-order valence-corrected chi connectivity index (χ3v) is 3.37. The van der Waals surface area contributed by atoms with Gasteiger partial charge in [0.25, 0.3) is 0 Å². The second-order valence-corrected chi connectivity index (χ2v) is 5.07. The predicted molar refractivity (Wildman–Crippen MR) is 64.6 cm³/mol. The van der Waals surface area contributed by atoms with E-state index in [0.29, 0.717) is 17.2 Å². The van der Waals surface area contributed by atoms with E-state index in [0.717, 1.165) is 4.88 Å². The summed E-state index contributed by atoms with van der Waals surface area (Å²) in [5, 5.41) is 11.2. The number of carboxylic acids is 1. The van der Waals surface area contributed by atoms with Gasteiger partial charge < -0.3 is 15.2 Å². The maximum absolute atomic E-state index is 10.9. The first-order valence-corrected chi connectivity index (χ1v) is 6.04. The molecule has 0 aliphatic carbocycles. The normalized spacial score (nSPS) is 11.9. The lowest BCUT2D eigenvalue weighted by Gasteiger charge is -2.12. The summed E-state index contributed by atoms with van der Waals surface area (Å²) in [5.74, 6) is -1.09. The van der Waals surface area contributed by atoms with Crippen molar-refractivity contribution in [2.45, 2.75) is 18.9 Å². The van der Waals surface area contributed by atoms with E-state index in [1.54, 1.807) is 6.07 Å². The van der Waals surface area contributed by atoms with Gasteiger partial charge in [0.15, 0.2) is 0 Å². The van der Waals surface area contributed by atoms with Crippen LogP contribution >= 0.6 is 22.9 Å². The number of carbonyl (C=O) groups is 2. The highest BCUT2D eigenvalue weighted by Crippen LogP contribution is 2.22. The molecular weight excluding hydrogens is 266 g/mol. The summed E-state index contributed by atoms with van der Waals surface area (Å²) >= 11 is 7.15. The van der Waals surface area contributed by atoms with Gasteiger partial charge in [0.05, 0.1) is 11.4 Å². The zero-order chi connectivity index (χ0) is 12.8. The van der Waals surface area contributed by atoms with Gasteiger partial charge in [-0.2, -0.15) is 0 Å². The number of halogens is 1. The van der Waals surface area contributed by atoms with Crippen LogP contribution in [0.4, 0.5) is 4.79 Å². The van der Waals surface area contributed by atoms with Crippen molar-refractivity contribution >= 4 is 35.0 Å². The van der Waals surface area contributed by atoms with Crippen LogP contribution in [0.25, 0.3) is 0 Å². The fraction of sp³-hybridized carbons (Fsp3) is 0.400. The van der Waals surface area contributed by atoms with Crippen LogP contribution in [-0.2, 0) is 16.0 Å². The third-order valence-electron chi connectivity index (χ3n) is 2.08. The summed E-state index contributed by atoms with van der Waals surface area (Å²) in [6, 6.07) is 2.64. The first-order valence-electron chi connectivity index (χ1n) is 4.84. The second kappa shape index (κ2) is 6.46. The molecule has 1 atom stereocenters. The Labute approximate surface area is 107 Å². The standard InChI is InChI=1S/C10H12ClNO4S/c1-16-10(15)12-7(9(13)14)4-2-6-3-5-8(11)17-6/h3,5,7H,2,4H2,1H3,(H,12,15)(H,13,14)/t7-/m1/s1. The Morgan fingerprint density at radius 3 is 2.76 bits per heavy atom. The van der Waals surface area contributed by atoms with Gasteiger partial charge in [-0.1, -0.05) is 11.6 Å². The molecule has 0 unspecified atom stereocenters. The van der Waals surface area contributed by atoms with Crippen molar-refractivity contribution < 1.29 is 19.4 Å². The summed E-state index contributed by atoms with van der Waals surface area (Å²) < 4.78 is 5.02. The van der Waals surface area contributed by atoms with Crippen LogP contribution in [0.5, 0.6) is 0 Å². The molecule has 1 amide bonds. The van der Waals surface area contributed by atoms with E-state index in [9.17, 15) is 9.59 Å². The monoisotopic (exact) mass is 277 g/mol. The molecule has 0 saturated heterocycles. The zero-order valence-electron chi connectivity index (χ0n) is 9.10. The van der Waals surface area contributed by atoms with Crippen LogP contribution in [0.1, 0.15) is 11.3 Å². The first-order chi connectivity index (χ1) is 8.02. The molecule has 0 aromatic carbocycles. The van der Waals surface area contributed by atoms with E-state index < -0.39 is 18.1 Å². The Morgan fingerprint density at radius 2 is 2.29 bits per heavy atom. The Bertz CT molecular complexity index is 407. The van der Waals surface area contributed by atoms with Crippen LogP contribution in [0.2, 0.25) is 4.34 Å². The second-order valence-electron chi connectivity index (χ2n) is 3.27. The number of ether oxygens (including phenoxy) is 1. The van der Waals surface area contributed by atoms with E-state index in [2.05, 4.69) is 10.1 Å². The summed E-state index contributed by atoms with van der Waals surface area (Å²) in [6.07, 6.45) is 0.0845. The molecule has 5 nitrogen and oxygen atoms in total. The van der Waals surface area contributed by atoms with Crippen LogP contribution in [0, 0.1) is 0 Å². The average molecular weight is 278 g/mol. The number of hydrogen-bond acceptors (Lipinski definition) is 4. The molecule has 1 aromatic heterocycles. The molecular formula is C10H12ClNO4S. The highest BCUT2D eigenvalue weighted by molar-refractivity contribution is 7.16. The molecule has 1 rings (SSSR count). The van der Waals surface area contributed by atoms with Crippen molar-refractivity contribution in [3.8, 4) is 0 Å². The van der Waals surface area contributed by atoms with Gasteiger partial charge in [-0.15, -0.1) is 11.3 Å². The van der Waals surface area contributed by atoms with E-state index in [-0.39, 0.29) is 0 Å². The number of aliphatic carboxylic acids is 1. The van der Waals surface area contributed by atoms with E-state index in [1.165, 1.54) is 18.4 Å². The maximum Gasteiger partial charge on any atom is 0.407 e. The minimum atomic E-state index is -1.09. The summed E-state index contributed by atoms with van der Waals surface area (Å²) in [4.78, 5) is 22.8. The Kier molecular flexibility index (Phi) is 5.24. The molecule has 0 spiro atoms. The SMILES string of the molecule is COC(=O)N[C@H](CCc1ccc(Cl)s1)C(=O)O. The van der Waals surface area contributed by atoms with Crippen molar-refractivity contribution in [2.24, 2.45) is 0 Å². The molecule has 0 aliphatic heterocycles. The van der Waals surface area contributed by atoms with E-state index in [4.69, 9.17) is 16.7 Å². The summed E-state index contributed by atoms with van der Waals surface area (Å²) in [5.41, 5.74) is 0. The molecule has 0 saturated carbocycles. The lowest BCUT2D eigenvalue weighted by Crippen LogP contribution is -2.40. The number of amides is 1. The molecule has 1 heterocycles. The lowest BCUT2D eigenvalue weighted by molar-refractivity contribution is -0.139. The first kappa shape index (κ1) is 13.8. The topological polar surface area (TPSA) is 75.6 Å². The van der Waals surface area contributed by atoms with Crippen molar-refractivity contribution in [2.75, 3.05) is 7.11 Å². The predicted octanol–water partition coefficient (Wildman–Crippen LogP) is 2.14. The van der Waals surface area contributed by atoms with Gasteiger partial charge in [0.2, 0.25) is 0 Å². The van der Waals surface area contributed by atoms with Crippen molar-refractivity contribution in [3.05, 3.63) is 21.3 Å². The Hall–Kier alpha value is -1.27. The number of nitrogens with one attached hydrogen (secondary N) is 1. The van der Waals surface area contributed by atoms with Gasteiger partial charge in [0, 0.05) is 4.88 Å². The van der Waals surface area contributed by atoms with Crippen molar-refractivity contribution in [1.29, 1.82) is 0 Å². The number of alkyl carbamates (subject to hydrolysis) is 1. The van der Waals surface area contributed by atoms with Gasteiger partial charge in [0.1, 0.15) is 6.04 Å². The zero-order valence-corrected chi connectivity index (χ0v) is 10.7. The van der Waals surface area contributed by atoms with Crippen LogP contribution in [0.3, 0.4) is 0 Å². The maximum atomic E-state index is 10.9. The lowest BCUT2D eigenvalue weighted by atomic mass is 10.1. The number of aryl methyl sites for hydroxylation is 1.